The maximum absolute atomic E-state index is 5.61. The zero-order chi connectivity index (χ0) is 9.07. The third kappa shape index (κ3) is 3.85. The minimum atomic E-state index is 0.0513. The molecule has 3 radical (unpaired) electrons. The van der Waals surface area contributed by atoms with Crippen molar-refractivity contribution < 1.29 is 2.69 Å². The molecule has 0 amide bonds. The van der Waals surface area contributed by atoms with E-state index in [0.717, 1.165) is 32.8 Å². The molecule has 0 aromatic carbocycles. The van der Waals surface area contributed by atoms with Crippen molar-refractivity contribution in [2.75, 3.05) is 20.6 Å². The summed E-state index contributed by atoms with van der Waals surface area (Å²) < 4.78 is 5.61. The van der Waals surface area contributed by atoms with Crippen LogP contribution in [-0.4, -0.2) is 57.4 Å². The molecule has 0 rings (SSSR count). The van der Waals surface area contributed by atoms with Crippen molar-refractivity contribution in [2.24, 2.45) is 5.92 Å². The first-order valence-corrected chi connectivity index (χ1v) is 5.50. The van der Waals surface area contributed by atoms with Crippen LogP contribution in [0.4, 0.5) is 0 Å². The average Bonchev–Trinajstić information content (AvgIpc) is 1.86. The van der Waals surface area contributed by atoms with Crippen LogP contribution >= 0.6 is 0 Å². The van der Waals surface area contributed by atoms with Crippen molar-refractivity contribution in [1.82, 2.24) is 4.90 Å². The van der Waals surface area contributed by atoms with Crippen LogP contribution in [0.1, 0.15) is 20.8 Å². The van der Waals surface area contributed by atoms with E-state index in [4.69, 9.17) is 2.69 Å². The monoisotopic (exact) mass is 352 g/mol. The first-order valence-electron chi connectivity index (χ1n) is 3.92. The molecule has 0 bridgehead atoms. The van der Waals surface area contributed by atoms with Crippen molar-refractivity contribution in [2.45, 2.75) is 26.4 Å². The molecule has 0 aliphatic carbocycles. The van der Waals surface area contributed by atoms with Crippen molar-refractivity contribution in [3.05, 3.63) is 0 Å². The molecular weight excluding hydrogens is 333 g/mol. The van der Waals surface area contributed by atoms with Gasteiger partial charge in [0, 0.05) is 0 Å². The summed E-state index contributed by atoms with van der Waals surface area (Å²) in [4.78, 5) is 2.18. The summed E-state index contributed by atoms with van der Waals surface area (Å²) in [6.45, 7) is 7.61. The summed E-state index contributed by atoms with van der Waals surface area (Å²) in [6.07, 6.45) is 0. The molecule has 0 N–H and O–H groups in total. The molecule has 0 fully saturated rings. The zero-order valence-corrected chi connectivity index (χ0v) is 12.0. The van der Waals surface area contributed by atoms with Gasteiger partial charge in [-0.25, -0.2) is 0 Å². The van der Waals surface area contributed by atoms with Gasteiger partial charge in [-0.2, -0.15) is 0 Å². The van der Waals surface area contributed by atoms with Crippen LogP contribution in [0.3, 0.4) is 0 Å². The second-order valence-corrected chi connectivity index (χ2v) is 4.60. The minimum absolute atomic E-state index is 0.0513. The molecule has 0 aliphatic heterocycles. The molecule has 2 nitrogen and oxygen atoms in total. The molecule has 1 atom stereocenters. The third-order valence-electron chi connectivity index (χ3n) is 2.08. The summed E-state index contributed by atoms with van der Waals surface area (Å²) in [5, 5.41) is 0. The van der Waals surface area contributed by atoms with Gasteiger partial charge in [0.05, 0.1) is 0 Å². The van der Waals surface area contributed by atoms with E-state index in [0.29, 0.717) is 5.92 Å². The number of nitrogens with zero attached hydrogens (tertiary/aromatic N) is 1. The van der Waals surface area contributed by atoms with E-state index >= 15 is 0 Å². The van der Waals surface area contributed by atoms with Crippen molar-refractivity contribution in [3.8, 4) is 0 Å². The Morgan fingerprint density at radius 1 is 1.45 bits per heavy atom. The normalized spacial score (nSPS) is 17.5. The zero-order valence-electron chi connectivity index (χ0n) is 8.14. The summed E-state index contributed by atoms with van der Waals surface area (Å²) in [7, 11) is 4.17. The van der Waals surface area contributed by atoms with E-state index in [1.54, 1.807) is 0 Å². The van der Waals surface area contributed by atoms with Gasteiger partial charge in [-0.15, -0.1) is 0 Å². The van der Waals surface area contributed by atoms with Gasteiger partial charge >= 0.3 is 86.7 Å². The van der Waals surface area contributed by atoms with E-state index < -0.39 is 0 Å². The molecule has 0 aromatic rings. The second kappa shape index (κ2) is 4.77. The molecule has 0 saturated heterocycles. The Bertz CT molecular complexity index is 117. The molecule has 0 saturated carbocycles. The Balaban J connectivity index is 4.10. The van der Waals surface area contributed by atoms with Crippen LogP contribution in [0.15, 0.2) is 0 Å². The number of likely N-dealkylation sites (N-methyl/N-ethyl adjacent to an activating group) is 1. The quantitative estimate of drug-likeness (QED) is 0.703. The first kappa shape index (κ1) is 11.8. The molecule has 0 aliphatic rings. The molecular formula is C8H18NOPb. The topological polar surface area (TPSA) is 12.5 Å². The Morgan fingerprint density at radius 3 is 2.00 bits per heavy atom. The van der Waals surface area contributed by atoms with E-state index in [1.807, 2.05) is 0 Å². The fourth-order valence-corrected chi connectivity index (χ4v) is 2.13. The predicted molar refractivity (Wildman–Crippen MR) is 48.6 cm³/mol. The van der Waals surface area contributed by atoms with Gasteiger partial charge < -0.3 is 0 Å². The predicted octanol–water partition coefficient (Wildman–Crippen LogP) is 1.06. The molecule has 11 heavy (non-hydrogen) atoms. The van der Waals surface area contributed by atoms with Crippen LogP contribution in [0.5, 0.6) is 0 Å². The Kier molecular flexibility index (Phi) is 5.13. The van der Waals surface area contributed by atoms with Crippen LogP contribution < -0.4 is 0 Å². The summed E-state index contributed by atoms with van der Waals surface area (Å²) in [6, 6.07) is 0. The van der Waals surface area contributed by atoms with E-state index in [-0.39, 0.29) is 5.60 Å². The van der Waals surface area contributed by atoms with Gasteiger partial charge in [0.25, 0.3) is 0 Å². The Morgan fingerprint density at radius 2 is 1.91 bits per heavy atom. The van der Waals surface area contributed by atoms with E-state index in [2.05, 4.69) is 39.8 Å². The van der Waals surface area contributed by atoms with Gasteiger partial charge in [0.2, 0.25) is 0 Å². The van der Waals surface area contributed by atoms with E-state index in [1.165, 1.54) is 0 Å². The molecule has 65 valence electrons. The van der Waals surface area contributed by atoms with E-state index in [9.17, 15) is 0 Å². The van der Waals surface area contributed by atoms with Gasteiger partial charge in [0.15, 0.2) is 0 Å². The van der Waals surface area contributed by atoms with Crippen LogP contribution in [0, 0.1) is 5.92 Å². The van der Waals surface area contributed by atoms with Gasteiger partial charge in [-0.1, -0.05) is 0 Å². The summed E-state index contributed by atoms with van der Waals surface area (Å²) in [5.74, 6) is 0.586. The number of hydrogen-bond acceptors (Lipinski definition) is 2. The second-order valence-electron chi connectivity index (χ2n) is 3.81. The molecule has 0 heterocycles. The maximum atomic E-state index is 5.61. The Labute approximate surface area is 86.6 Å². The van der Waals surface area contributed by atoms with Gasteiger partial charge in [-0.05, 0) is 0 Å². The summed E-state index contributed by atoms with van der Waals surface area (Å²) >= 11 is 0.823. The van der Waals surface area contributed by atoms with Gasteiger partial charge in [0.1, 0.15) is 0 Å². The number of hydrogen-bond donors (Lipinski definition) is 0. The summed E-state index contributed by atoms with van der Waals surface area (Å²) in [5.41, 5.74) is 0.0513. The Hall–Kier alpha value is 0.842. The van der Waals surface area contributed by atoms with Crippen LogP contribution in [-0.2, 0) is 2.69 Å². The standard InChI is InChI=1S/C8H18NO.Pb/c1-7(2)8(3,10)6-9(4)5;/h7H,6H2,1-5H3;/q-1;+1. The fraction of sp³-hybridized carbons (Fsp3) is 1.00. The third-order valence-corrected chi connectivity index (χ3v) is 3.90. The number of rotatable bonds is 4. The van der Waals surface area contributed by atoms with Gasteiger partial charge in [-0.3, -0.25) is 0 Å². The van der Waals surface area contributed by atoms with Crippen LogP contribution in [0.25, 0.3) is 0 Å². The average molecular weight is 351 g/mol. The molecule has 3 heteroatoms. The van der Waals surface area contributed by atoms with Crippen LogP contribution in [0.2, 0.25) is 0 Å². The molecule has 1 unspecified atom stereocenters. The molecule has 0 aromatic heterocycles. The van der Waals surface area contributed by atoms with Crippen molar-refractivity contribution in [1.29, 1.82) is 0 Å². The van der Waals surface area contributed by atoms with Crippen molar-refractivity contribution in [3.63, 3.8) is 0 Å². The first-order chi connectivity index (χ1) is 4.92. The molecule has 0 spiro atoms. The SMILES string of the molecule is CC(C)C(C)(CN(C)C)[O][Pb]. The fourth-order valence-electron chi connectivity index (χ4n) is 0.961. The van der Waals surface area contributed by atoms with Crippen molar-refractivity contribution >= 4 is 26.2 Å².